The van der Waals surface area contributed by atoms with Gasteiger partial charge in [0.25, 0.3) is 0 Å². The standard InChI is InChI=1S/C12H5Cl5O/c13-6-4-2-1-3-5(6)7-8(14)9(15)10(16)11(17)12(7)18/h1-4,18H. The zero-order valence-corrected chi connectivity index (χ0v) is 12.4. The van der Waals surface area contributed by atoms with E-state index in [1.54, 1.807) is 24.3 Å². The van der Waals surface area contributed by atoms with Crippen LogP contribution in [0.15, 0.2) is 24.3 Å². The van der Waals surface area contributed by atoms with Gasteiger partial charge in [0.05, 0.1) is 15.1 Å². The van der Waals surface area contributed by atoms with E-state index in [1.807, 2.05) is 0 Å². The van der Waals surface area contributed by atoms with Gasteiger partial charge in [-0.25, -0.2) is 0 Å². The Morgan fingerprint density at radius 2 is 1.28 bits per heavy atom. The quantitative estimate of drug-likeness (QED) is 0.474. The Morgan fingerprint density at radius 3 is 1.89 bits per heavy atom. The molecule has 0 aromatic heterocycles. The van der Waals surface area contributed by atoms with Crippen molar-refractivity contribution in [1.29, 1.82) is 0 Å². The van der Waals surface area contributed by atoms with Crippen molar-refractivity contribution in [2.24, 2.45) is 0 Å². The van der Waals surface area contributed by atoms with Gasteiger partial charge in [-0.05, 0) is 6.07 Å². The van der Waals surface area contributed by atoms with Crippen molar-refractivity contribution >= 4 is 58.0 Å². The summed E-state index contributed by atoms with van der Waals surface area (Å²) < 4.78 is 0. The van der Waals surface area contributed by atoms with E-state index < -0.39 is 0 Å². The van der Waals surface area contributed by atoms with Gasteiger partial charge in [0, 0.05) is 16.1 Å². The number of hydrogen-bond acceptors (Lipinski definition) is 1. The lowest BCUT2D eigenvalue weighted by atomic mass is 10.0. The molecule has 2 rings (SSSR count). The van der Waals surface area contributed by atoms with E-state index in [1.165, 1.54) is 0 Å². The Kier molecular flexibility index (Phi) is 4.20. The molecule has 0 aliphatic heterocycles. The van der Waals surface area contributed by atoms with Gasteiger partial charge in [-0.15, -0.1) is 0 Å². The lowest BCUT2D eigenvalue weighted by Crippen LogP contribution is -1.87. The molecule has 18 heavy (non-hydrogen) atoms. The molecule has 0 saturated heterocycles. The molecule has 0 amide bonds. The van der Waals surface area contributed by atoms with Gasteiger partial charge in [0.15, 0.2) is 0 Å². The average molecular weight is 342 g/mol. The van der Waals surface area contributed by atoms with Crippen molar-refractivity contribution in [3.05, 3.63) is 49.4 Å². The lowest BCUT2D eigenvalue weighted by molar-refractivity contribution is 0.477. The second-order valence-electron chi connectivity index (χ2n) is 3.46. The second-order valence-corrected chi connectivity index (χ2v) is 5.38. The predicted molar refractivity (Wildman–Crippen MR) is 78.6 cm³/mol. The Morgan fingerprint density at radius 1 is 0.722 bits per heavy atom. The predicted octanol–water partition coefficient (Wildman–Crippen LogP) is 6.33. The first-order chi connectivity index (χ1) is 8.45. The molecular weight excluding hydrogens is 337 g/mol. The Bertz CT molecular complexity index is 595. The molecular formula is C12H5Cl5O. The van der Waals surface area contributed by atoms with Gasteiger partial charge in [-0.3, -0.25) is 0 Å². The first-order valence-electron chi connectivity index (χ1n) is 4.75. The van der Waals surface area contributed by atoms with Crippen LogP contribution < -0.4 is 0 Å². The van der Waals surface area contributed by atoms with Gasteiger partial charge in [0.2, 0.25) is 0 Å². The van der Waals surface area contributed by atoms with Crippen LogP contribution in [0.1, 0.15) is 0 Å². The van der Waals surface area contributed by atoms with Crippen molar-refractivity contribution in [1.82, 2.24) is 0 Å². The summed E-state index contributed by atoms with van der Waals surface area (Å²) in [5.41, 5.74) is 0.795. The molecule has 1 N–H and O–H groups in total. The minimum absolute atomic E-state index is 0.0108. The largest absolute Gasteiger partial charge is 0.506 e. The molecule has 0 radical (unpaired) electrons. The molecule has 0 fully saturated rings. The lowest BCUT2D eigenvalue weighted by Gasteiger charge is -2.13. The maximum atomic E-state index is 10.0. The summed E-state index contributed by atoms with van der Waals surface area (Å²) in [6.07, 6.45) is 0. The average Bonchev–Trinajstić information content (AvgIpc) is 2.36. The zero-order valence-electron chi connectivity index (χ0n) is 8.65. The van der Waals surface area contributed by atoms with Crippen molar-refractivity contribution < 1.29 is 5.11 Å². The summed E-state index contributed by atoms with van der Waals surface area (Å²) in [6, 6.07) is 6.89. The third kappa shape index (κ3) is 2.26. The molecule has 0 unspecified atom stereocenters. The topological polar surface area (TPSA) is 20.2 Å². The van der Waals surface area contributed by atoms with Crippen LogP contribution in [0, 0.1) is 0 Å². The minimum Gasteiger partial charge on any atom is -0.506 e. The van der Waals surface area contributed by atoms with Crippen LogP contribution in [0.2, 0.25) is 25.1 Å². The molecule has 0 spiro atoms. The molecule has 0 heterocycles. The normalized spacial score (nSPS) is 10.7. The van der Waals surface area contributed by atoms with Gasteiger partial charge < -0.3 is 5.11 Å². The number of hydrogen-bond donors (Lipinski definition) is 1. The van der Waals surface area contributed by atoms with Crippen LogP contribution in [-0.2, 0) is 0 Å². The van der Waals surface area contributed by atoms with Crippen LogP contribution in [0.3, 0.4) is 0 Å². The highest BCUT2D eigenvalue weighted by molar-refractivity contribution is 6.53. The summed E-state index contributed by atoms with van der Waals surface area (Å²) in [7, 11) is 0. The third-order valence-electron chi connectivity index (χ3n) is 2.39. The molecule has 2 aromatic carbocycles. The van der Waals surface area contributed by atoms with E-state index in [9.17, 15) is 5.11 Å². The fourth-order valence-electron chi connectivity index (χ4n) is 1.53. The third-order valence-corrected chi connectivity index (χ3v) is 4.51. The summed E-state index contributed by atoms with van der Waals surface area (Å²) in [6.45, 7) is 0. The van der Waals surface area contributed by atoms with E-state index in [4.69, 9.17) is 58.0 Å². The summed E-state index contributed by atoms with van der Waals surface area (Å²) in [5, 5.41) is 10.6. The van der Waals surface area contributed by atoms with Gasteiger partial charge >= 0.3 is 0 Å². The molecule has 0 aliphatic carbocycles. The molecule has 0 aliphatic rings. The summed E-state index contributed by atoms with van der Waals surface area (Å²) in [4.78, 5) is 0. The van der Waals surface area contributed by atoms with E-state index in [0.29, 0.717) is 10.6 Å². The summed E-state index contributed by atoms with van der Waals surface area (Å²) >= 11 is 29.8. The van der Waals surface area contributed by atoms with Crippen molar-refractivity contribution in [3.8, 4) is 16.9 Å². The summed E-state index contributed by atoms with van der Waals surface area (Å²) in [5.74, 6) is -0.246. The van der Waals surface area contributed by atoms with E-state index >= 15 is 0 Å². The Labute approximate surface area is 129 Å². The van der Waals surface area contributed by atoms with Crippen LogP contribution in [0.25, 0.3) is 11.1 Å². The molecule has 6 heteroatoms. The monoisotopic (exact) mass is 340 g/mol. The van der Waals surface area contributed by atoms with Gasteiger partial charge in [-0.1, -0.05) is 76.2 Å². The number of phenolic OH excluding ortho intramolecular Hbond substituents is 1. The number of aromatic hydroxyl groups is 1. The molecule has 94 valence electrons. The van der Waals surface area contributed by atoms with Crippen LogP contribution in [0.4, 0.5) is 0 Å². The van der Waals surface area contributed by atoms with E-state index in [-0.39, 0.29) is 31.4 Å². The van der Waals surface area contributed by atoms with Gasteiger partial charge in [0.1, 0.15) is 10.8 Å². The van der Waals surface area contributed by atoms with Crippen molar-refractivity contribution in [2.45, 2.75) is 0 Å². The highest BCUT2D eigenvalue weighted by Crippen LogP contribution is 2.50. The fraction of sp³-hybridized carbons (Fsp3) is 0. The molecule has 1 nitrogen and oxygen atoms in total. The first kappa shape index (κ1) is 14.1. The maximum absolute atomic E-state index is 10.0. The van der Waals surface area contributed by atoms with Crippen LogP contribution in [-0.4, -0.2) is 5.11 Å². The number of phenols is 1. The Hall–Kier alpha value is -0.310. The highest BCUT2D eigenvalue weighted by atomic mass is 35.5. The van der Waals surface area contributed by atoms with E-state index in [0.717, 1.165) is 0 Å². The number of rotatable bonds is 1. The number of halogens is 5. The Balaban J connectivity index is 2.85. The smallest absolute Gasteiger partial charge is 0.145 e. The van der Waals surface area contributed by atoms with Crippen LogP contribution >= 0.6 is 58.0 Å². The van der Waals surface area contributed by atoms with Crippen LogP contribution in [0.5, 0.6) is 5.75 Å². The zero-order chi connectivity index (χ0) is 13.4. The molecule has 0 bridgehead atoms. The SMILES string of the molecule is Oc1c(Cl)c(Cl)c(Cl)c(Cl)c1-c1ccccc1Cl. The minimum atomic E-state index is -0.246. The van der Waals surface area contributed by atoms with E-state index in [2.05, 4.69) is 0 Å². The van der Waals surface area contributed by atoms with Crippen molar-refractivity contribution in [2.75, 3.05) is 0 Å². The molecule has 0 atom stereocenters. The highest BCUT2D eigenvalue weighted by Gasteiger charge is 2.22. The molecule has 0 saturated carbocycles. The maximum Gasteiger partial charge on any atom is 0.145 e. The second kappa shape index (κ2) is 5.36. The number of benzene rings is 2. The first-order valence-corrected chi connectivity index (χ1v) is 6.64. The van der Waals surface area contributed by atoms with Crippen molar-refractivity contribution in [3.63, 3.8) is 0 Å². The molecule has 2 aromatic rings. The fourth-order valence-corrected chi connectivity index (χ4v) is 2.70. The van der Waals surface area contributed by atoms with Gasteiger partial charge in [-0.2, -0.15) is 0 Å².